The van der Waals surface area contributed by atoms with E-state index in [-0.39, 0.29) is 5.82 Å². The first-order chi connectivity index (χ1) is 12.6. The van der Waals surface area contributed by atoms with Gasteiger partial charge >= 0.3 is 0 Å². The number of nitrogens with zero attached hydrogens (tertiary/aromatic N) is 2. The smallest absolute Gasteiger partial charge is 0.146 e. The molecule has 0 aromatic heterocycles. The maximum absolute atomic E-state index is 14.0. The molecule has 0 unspecified atom stereocenters. The van der Waals surface area contributed by atoms with E-state index in [0.29, 0.717) is 18.0 Å². The average Bonchev–Trinajstić information content (AvgIpc) is 2.67. The molecule has 2 aromatic carbocycles. The lowest BCUT2D eigenvalue weighted by Gasteiger charge is -2.36. The van der Waals surface area contributed by atoms with Gasteiger partial charge in [-0.05, 0) is 30.5 Å². The molecule has 26 heavy (non-hydrogen) atoms. The van der Waals surface area contributed by atoms with Crippen LogP contribution in [-0.2, 0) is 13.0 Å². The number of piperazine rings is 1. The fourth-order valence-corrected chi connectivity index (χ4v) is 3.95. The fourth-order valence-electron chi connectivity index (χ4n) is 3.95. The molecule has 0 bridgehead atoms. The van der Waals surface area contributed by atoms with Crippen molar-refractivity contribution >= 4 is 24.7 Å². The van der Waals surface area contributed by atoms with Crippen LogP contribution in [0, 0.1) is 5.82 Å². The molecule has 2 N–H and O–H groups in total. The van der Waals surface area contributed by atoms with Gasteiger partial charge in [-0.1, -0.05) is 23.7 Å². The van der Waals surface area contributed by atoms with Crippen LogP contribution < -0.4 is 15.7 Å². The Morgan fingerprint density at radius 3 is 2.69 bits per heavy atom. The molecule has 2 aromatic rings. The van der Waals surface area contributed by atoms with Gasteiger partial charge in [0.2, 0.25) is 0 Å². The second-order valence-corrected chi connectivity index (χ2v) is 7.07. The number of para-hydroxylation sites is 1. The number of fused-ring (bicyclic) bond motifs is 1. The van der Waals surface area contributed by atoms with Crippen molar-refractivity contribution in [3.05, 3.63) is 47.3 Å². The van der Waals surface area contributed by atoms with E-state index in [4.69, 9.17) is 7.85 Å². The van der Waals surface area contributed by atoms with Gasteiger partial charge in [-0.3, -0.25) is 4.90 Å². The zero-order chi connectivity index (χ0) is 18.1. The zero-order valence-corrected chi connectivity index (χ0v) is 14.8. The number of benzene rings is 2. The quantitative estimate of drug-likeness (QED) is 0.656. The van der Waals surface area contributed by atoms with Crippen LogP contribution >= 0.6 is 0 Å². The standard InChI is InChI=1S/C20H23BFN3O/c21-16-12-14(20(26)19-15(16)4-3-7-23-19)13-24-8-10-25(11-9-24)18-6-2-1-5-17(18)22/h1-2,5-6,12,23,26H,3-4,7-11,13H2. The number of nitrogens with one attached hydrogen (secondary N) is 1. The Morgan fingerprint density at radius 1 is 1.15 bits per heavy atom. The number of anilines is 2. The molecule has 0 atom stereocenters. The van der Waals surface area contributed by atoms with Crippen LogP contribution in [0.2, 0.25) is 0 Å². The number of hydrogen-bond donors (Lipinski definition) is 2. The number of aromatic hydroxyl groups is 1. The van der Waals surface area contributed by atoms with Crippen molar-refractivity contribution < 1.29 is 9.50 Å². The lowest BCUT2D eigenvalue weighted by Crippen LogP contribution is -2.46. The zero-order valence-electron chi connectivity index (χ0n) is 14.8. The van der Waals surface area contributed by atoms with Gasteiger partial charge in [-0.15, -0.1) is 0 Å². The minimum absolute atomic E-state index is 0.174. The molecule has 1 saturated heterocycles. The molecule has 6 heteroatoms. The summed E-state index contributed by atoms with van der Waals surface area (Å²) in [5.74, 6) is 0.151. The maximum Gasteiger partial charge on any atom is 0.146 e. The van der Waals surface area contributed by atoms with Crippen molar-refractivity contribution in [2.75, 3.05) is 42.9 Å². The number of phenolic OH excluding ortho intramolecular Hbond substituents is 1. The minimum atomic E-state index is -0.174. The first kappa shape index (κ1) is 17.2. The number of rotatable bonds is 3. The van der Waals surface area contributed by atoms with Crippen molar-refractivity contribution in [1.29, 1.82) is 0 Å². The predicted molar refractivity (Wildman–Crippen MR) is 104 cm³/mol. The van der Waals surface area contributed by atoms with Crippen molar-refractivity contribution in [3.8, 4) is 5.75 Å². The van der Waals surface area contributed by atoms with Gasteiger partial charge in [0, 0.05) is 44.8 Å². The summed E-state index contributed by atoms with van der Waals surface area (Å²) in [5, 5.41) is 13.9. The van der Waals surface area contributed by atoms with Crippen molar-refractivity contribution in [1.82, 2.24) is 4.90 Å². The molecule has 2 aliphatic rings. The molecule has 0 spiro atoms. The van der Waals surface area contributed by atoms with Gasteiger partial charge in [0.1, 0.15) is 19.4 Å². The topological polar surface area (TPSA) is 38.7 Å². The molecule has 0 aliphatic carbocycles. The highest BCUT2D eigenvalue weighted by Crippen LogP contribution is 2.34. The second-order valence-electron chi connectivity index (χ2n) is 7.07. The van der Waals surface area contributed by atoms with Crippen LogP contribution in [0.5, 0.6) is 5.75 Å². The van der Waals surface area contributed by atoms with E-state index < -0.39 is 0 Å². The van der Waals surface area contributed by atoms with Gasteiger partial charge in [-0.25, -0.2) is 4.39 Å². The normalized spacial score (nSPS) is 17.7. The van der Waals surface area contributed by atoms with Gasteiger partial charge in [0.15, 0.2) is 0 Å². The fraction of sp³-hybridized carbons (Fsp3) is 0.400. The molecule has 2 aliphatic heterocycles. The van der Waals surface area contributed by atoms with Crippen LogP contribution in [0.1, 0.15) is 17.5 Å². The average molecular weight is 351 g/mol. The Labute approximate surface area is 155 Å². The molecule has 0 amide bonds. The summed E-state index contributed by atoms with van der Waals surface area (Å²) >= 11 is 0. The van der Waals surface area contributed by atoms with Gasteiger partial charge < -0.3 is 15.3 Å². The summed E-state index contributed by atoms with van der Waals surface area (Å²) in [7, 11) is 6.21. The van der Waals surface area contributed by atoms with E-state index in [9.17, 15) is 9.50 Å². The molecule has 4 nitrogen and oxygen atoms in total. The summed E-state index contributed by atoms with van der Waals surface area (Å²) in [4.78, 5) is 4.36. The van der Waals surface area contributed by atoms with E-state index in [1.807, 2.05) is 18.2 Å². The number of hydrogen-bond acceptors (Lipinski definition) is 4. The Balaban J connectivity index is 1.45. The number of halogens is 1. The summed E-state index contributed by atoms with van der Waals surface area (Å²) in [6.45, 7) is 4.68. The molecule has 2 radical (unpaired) electrons. The largest absolute Gasteiger partial charge is 0.505 e. The molecule has 2 heterocycles. The third-order valence-corrected chi connectivity index (χ3v) is 5.39. The van der Waals surface area contributed by atoms with Crippen LogP contribution in [0.15, 0.2) is 30.3 Å². The highest BCUT2D eigenvalue weighted by molar-refractivity contribution is 6.34. The molecular formula is C20H23BFN3O. The number of phenols is 1. The van der Waals surface area contributed by atoms with Gasteiger partial charge in [0.05, 0.1) is 11.4 Å². The molecule has 4 rings (SSSR count). The Bertz CT molecular complexity index is 806. The summed E-state index contributed by atoms with van der Waals surface area (Å²) in [6.07, 6.45) is 1.94. The van der Waals surface area contributed by atoms with E-state index in [1.165, 1.54) is 6.07 Å². The summed E-state index contributed by atoms with van der Waals surface area (Å²) < 4.78 is 14.0. The Hall–Kier alpha value is -2.21. The third-order valence-electron chi connectivity index (χ3n) is 5.39. The molecule has 1 fully saturated rings. The highest BCUT2D eigenvalue weighted by Gasteiger charge is 2.23. The molecule has 0 saturated carbocycles. The van der Waals surface area contributed by atoms with Crippen LogP contribution in [0.25, 0.3) is 0 Å². The van der Waals surface area contributed by atoms with Crippen molar-refractivity contribution in [2.45, 2.75) is 19.4 Å². The third kappa shape index (κ3) is 3.26. The summed E-state index contributed by atoms with van der Waals surface area (Å²) in [6, 6.07) is 8.82. The van der Waals surface area contributed by atoms with E-state index >= 15 is 0 Å². The Kier molecular flexibility index (Phi) is 4.77. The van der Waals surface area contributed by atoms with Gasteiger partial charge in [-0.2, -0.15) is 0 Å². The molecular weight excluding hydrogens is 328 g/mol. The SMILES string of the molecule is [B]c1cc(CN2CCN(c3ccccc3F)CC2)c(O)c2c1CCCN2. The van der Waals surface area contributed by atoms with Crippen molar-refractivity contribution in [3.63, 3.8) is 0 Å². The van der Waals surface area contributed by atoms with E-state index in [0.717, 1.165) is 67.8 Å². The minimum Gasteiger partial charge on any atom is -0.505 e. The van der Waals surface area contributed by atoms with Gasteiger partial charge in [0.25, 0.3) is 0 Å². The highest BCUT2D eigenvalue weighted by atomic mass is 19.1. The lowest BCUT2D eigenvalue weighted by molar-refractivity contribution is 0.246. The molecule has 134 valence electrons. The summed E-state index contributed by atoms with van der Waals surface area (Å²) in [5.41, 5.74) is 4.11. The van der Waals surface area contributed by atoms with Crippen LogP contribution in [-0.4, -0.2) is 50.6 Å². The predicted octanol–water partition coefficient (Wildman–Crippen LogP) is 2.01. The van der Waals surface area contributed by atoms with Crippen LogP contribution in [0.3, 0.4) is 0 Å². The first-order valence-corrected chi connectivity index (χ1v) is 9.22. The van der Waals surface area contributed by atoms with E-state index in [1.54, 1.807) is 6.07 Å². The van der Waals surface area contributed by atoms with Crippen LogP contribution in [0.4, 0.5) is 15.8 Å². The first-order valence-electron chi connectivity index (χ1n) is 9.22. The Morgan fingerprint density at radius 2 is 1.92 bits per heavy atom. The van der Waals surface area contributed by atoms with Crippen molar-refractivity contribution in [2.24, 2.45) is 0 Å². The van der Waals surface area contributed by atoms with E-state index in [2.05, 4.69) is 15.1 Å². The monoisotopic (exact) mass is 351 g/mol. The lowest BCUT2D eigenvalue weighted by atomic mass is 9.84. The second kappa shape index (κ2) is 7.19. The maximum atomic E-state index is 14.0.